The number of rotatable bonds is 30. The summed E-state index contributed by atoms with van der Waals surface area (Å²) in [7, 11) is 4.90. The molecule has 20 heteroatoms. The summed E-state index contributed by atoms with van der Waals surface area (Å²) < 4.78 is 55.4. The Morgan fingerprint density at radius 1 is 0.800 bits per heavy atom. The molecular formula is C65H93NO17S2. The lowest BCUT2D eigenvalue weighted by molar-refractivity contribution is -0.347. The van der Waals surface area contributed by atoms with Gasteiger partial charge >= 0.3 is 35.9 Å². The standard InChI is InChI=1S/C65H93NO17S2/c1-13-15-17-19-20-24-30-43(29-23-18-16-14-2)37-77-49(68)38-84-85-39-50(69)80-54(52(44-31-25-21-26-32-44)66-60(73)83-61(5,6)7)59(72)79-46-36-65(74)57(81-58(71)45-33-27-22-28-34-45)55-63(10,56(70)53(76-12)51(41(46)3)62(65,8)9)47(75-11)35-48-64(55,40-78-48)82-42(4)67/h21-22,25-28,31-34,43,46-48,52-55,57,74H,13-20,23-24,29-30,35-40H2,1-12H3,(H,66,73)/t43?,46-,47-,48+,52-,53+,54+,55-,57-,63+,64-,65+/m1/s1. The summed E-state index contributed by atoms with van der Waals surface area (Å²) in [5.74, 6) is -6.13. The average Bonchev–Trinajstić information content (AvgIpc) is 0.722. The molecule has 4 aliphatic rings. The highest BCUT2D eigenvalue weighted by atomic mass is 33.1. The van der Waals surface area contributed by atoms with E-state index in [0.717, 1.165) is 66.5 Å². The van der Waals surface area contributed by atoms with Crippen molar-refractivity contribution in [3.05, 3.63) is 82.9 Å². The fourth-order valence-corrected chi connectivity index (χ4v) is 14.8. The molecule has 2 saturated carbocycles. The summed E-state index contributed by atoms with van der Waals surface area (Å²) in [6.07, 6.45) is 3.83. The van der Waals surface area contributed by atoms with E-state index in [2.05, 4.69) is 19.2 Å². The van der Waals surface area contributed by atoms with E-state index in [1.807, 2.05) is 0 Å². The van der Waals surface area contributed by atoms with Crippen molar-refractivity contribution in [1.82, 2.24) is 5.32 Å². The van der Waals surface area contributed by atoms with Gasteiger partial charge in [-0.05, 0) is 82.2 Å². The average molecular weight is 1220 g/mol. The summed E-state index contributed by atoms with van der Waals surface area (Å²) in [6, 6.07) is 15.0. The van der Waals surface area contributed by atoms with Crippen molar-refractivity contribution in [3.63, 3.8) is 0 Å². The van der Waals surface area contributed by atoms with Crippen molar-refractivity contribution < 1.29 is 81.3 Å². The molecule has 6 rings (SSSR count). The van der Waals surface area contributed by atoms with Crippen molar-refractivity contribution in [3.8, 4) is 0 Å². The Kier molecular flexibility index (Phi) is 25.0. The van der Waals surface area contributed by atoms with Crippen molar-refractivity contribution in [2.75, 3.05) is 38.9 Å². The van der Waals surface area contributed by atoms with E-state index >= 15 is 9.59 Å². The van der Waals surface area contributed by atoms with E-state index < -0.39 is 124 Å². The second-order valence-electron chi connectivity index (χ2n) is 24.9. The SMILES string of the molecule is CCCCCCCCC(CCCCCC)COC(=O)CSSCC(=O)O[C@H](C(=O)O[C@@H]1C[C@]2(O)[C@H](OC(=O)c3ccccc3)[C@H]3[C@@]4(OC(C)=O)CO[C@H]4C[C@@H](OC)[C@]3(C)C(=O)[C@@H](OC)C(=C1C)C2(C)C)[C@H](NC(=O)OC(C)(C)C)c1ccccc1. The second-order valence-corrected chi connectivity index (χ2v) is 27.4. The van der Waals surface area contributed by atoms with Crippen LogP contribution in [-0.4, -0.2) is 139 Å². The molecule has 2 N–H and O–H groups in total. The molecular weight excluding hydrogens is 1130 g/mol. The topological polar surface area (TPSA) is 235 Å². The van der Waals surface area contributed by atoms with Crippen LogP contribution in [0.3, 0.4) is 0 Å². The van der Waals surface area contributed by atoms with Crippen LogP contribution < -0.4 is 5.32 Å². The van der Waals surface area contributed by atoms with Gasteiger partial charge < -0.3 is 53.1 Å². The maximum Gasteiger partial charge on any atom is 0.408 e. The molecule has 1 unspecified atom stereocenters. The van der Waals surface area contributed by atoms with Crippen LogP contribution in [0.1, 0.15) is 181 Å². The van der Waals surface area contributed by atoms with Gasteiger partial charge in [-0.2, -0.15) is 0 Å². The first kappa shape index (κ1) is 69.1. The van der Waals surface area contributed by atoms with Crippen LogP contribution >= 0.6 is 21.6 Å². The van der Waals surface area contributed by atoms with Gasteiger partial charge in [0, 0.05) is 39.4 Å². The Labute approximate surface area is 510 Å². The third kappa shape index (κ3) is 16.4. The van der Waals surface area contributed by atoms with Gasteiger partial charge in [-0.15, -0.1) is 0 Å². The minimum Gasteiger partial charge on any atom is -0.465 e. The van der Waals surface area contributed by atoms with E-state index in [9.17, 15) is 29.1 Å². The number of Topliss-reactive ketones (excluding diaryl/α,β-unsaturated/α-hetero) is 1. The number of ether oxygens (including phenoxy) is 9. The van der Waals surface area contributed by atoms with Crippen molar-refractivity contribution >= 4 is 63.3 Å². The van der Waals surface area contributed by atoms with Crippen LogP contribution in [0.4, 0.5) is 4.79 Å². The Morgan fingerprint density at radius 3 is 1.95 bits per heavy atom. The lowest BCUT2D eigenvalue weighted by atomic mass is 9.44. The number of carbonyl (C=O) groups is 7. The zero-order valence-corrected chi connectivity index (χ0v) is 53.6. The molecule has 1 aliphatic heterocycles. The van der Waals surface area contributed by atoms with Crippen LogP contribution in [-0.2, 0) is 66.6 Å². The smallest absolute Gasteiger partial charge is 0.408 e. The van der Waals surface area contributed by atoms with Crippen LogP contribution in [0.2, 0.25) is 0 Å². The molecule has 18 nitrogen and oxygen atoms in total. The molecule has 1 saturated heterocycles. The van der Waals surface area contributed by atoms with Crippen LogP contribution in [0.25, 0.3) is 0 Å². The first-order valence-corrected chi connectivity index (χ1v) is 32.8. The van der Waals surface area contributed by atoms with E-state index in [0.29, 0.717) is 17.7 Å². The monoisotopic (exact) mass is 1220 g/mol. The van der Waals surface area contributed by atoms with Gasteiger partial charge in [0.2, 0.25) is 6.10 Å². The molecule has 1 heterocycles. The molecule has 0 aromatic heterocycles. The number of esters is 5. The highest BCUT2D eigenvalue weighted by Crippen LogP contribution is 2.65. The molecule has 3 fully saturated rings. The maximum atomic E-state index is 15.9. The zero-order valence-electron chi connectivity index (χ0n) is 52.0. The number of aliphatic hydroxyl groups is 1. The molecule has 2 aromatic rings. The zero-order chi connectivity index (χ0) is 62.3. The summed E-state index contributed by atoms with van der Waals surface area (Å²) >= 11 is 0. The number of fused-ring (bicyclic) bond motifs is 5. The highest BCUT2D eigenvalue weighted by molar-refractivity contribution is 8.77. The van der Waals surface area contributed by atoms with Gasteiger partial charge in [0.25, 0.3) is 0 Å². The lowest BCUT2D eigenvalue weighted by Crippen LogP contribution is -2.82. The number of ketones is 1. The predicted molar refractivity (Wildman–Crippen MR) is 323 cm³/mol. The molecule has 472 valence electrons. The summed E-state index contributed by atoms with van der Waals surface area (Å²) in [6.45, 7) is 17.3. The maximum absolute atomic E-state index is 15.9. The summed E-state index contributed by atoms with van der Waals surface area (Å²) in [5.41, 5.74) is -7.30. The van der Waals surface area contributed by atoms with Crippen LogP contribution in [0.5, 0.6) is 0 Å². The Hall–Kier alpha value is -4.99. The van der Waals surface area contributed by atoms with Gasteiger partial charge in [0.1, 0.15) is 53.2 Å². The molecule has 12 atom stereocenters. The van der Waals surface area contributed by atoms with Crippen molar-refractivity contribution in [1.29, 1.82) is 0 Å². The van der Waals surface area contributed by atoms with Gasteiger partial charge in [-0.1, -0.05) is 162 Å². The number of nitrogens with one attached hydrogen (secondary N) is 1. The molecule has 0 radical (unpaired) electrons. The van der Waals surface area contributed by atoms with Crippen molar-refractivity contribution in [2.45, 2.75) is 219 Å². The molecule has 2 bridgehead atoms. The second kappa shape index (κ2) is 30.8. The van der Waals surface area contributed by atoms with Gasteiger partial charge in [-0.25, -0.2) is 14.4 Å². The van der Waals surface area contributed by atoms with Gasteiger partial charge in [0.15, 0.2) is 11.4 Å². The van der Waals surface area contributed by atoms with E-state index in [1.54, 1.807) is 97.0 Å². The molecule has 1 amide bonds. The van der Waals surface area contributed by atoms with Gasteiger partial charge in [-0.3, -0.25) is 19.2 Å². The van der Waals surface area contributed by atoms with E-state index in [4.69, 9.17) is 42.6 Å². The number of amides is 1. The summed E-state index contributed by atoms with van der Waals surface area (Å²) in [5, 5.41) is 16.9. The Balaban J connectivity index is 1.34. The Bertz CT molecular complexity index is 2630. The molecule has 2 aromatic carbocycles. The summed E-state index contributed by atoms with van der Waals surface area (Å²) in [4.78, 5) is 100. The van der Waals surface area contributed by atoms with Crippen LogP contribution in [0.15, 0.2) is 71.8 Å². The number of unbranched alkanes of at least 4 members (excludes halogenated alkanes) is 8. The third-order valence-corrected chi connectivity index (χ3v) is 19.7. The fourth-order valence-electron chi connectivity index (χ4n) is 13.2. The first-order chi connectivity index (χ1) is 40.3. The number of benzene rings is 2. The molecule has 0 spiro atoms. The Morgan fingerprint density at radius 2 is 1.39 bits per heavy atom. The molecule has 3 aliphatic carbocycles. The quantitative estimate of drug-likeness (QED) is 0.0243. The highest BCUT2D eigenvalue weighted by Gasteiger charge is 2.78. The number of alkyl carbamates (subject to hydrolysis) is 1. The minimum absolute atomic E-state index is 0.0564. The fraction of sp³-hybridized carbons (Fsp3) is 0.677. The first-order valence-electron chi connectivity index (χ1n) is 30.3. The van der Waals surface area contributed by atoms with Crippen molar-refractivity contribution in [2.24, 2.45) is 22.7 Å². The number of hydrogen-bond acceptors (Lipinski definition) is 19. The van der Waals surface area contributed by atoms with E-state index in [-0.39, 0.29) is 41.6 Å². The predicted octanol–water partition coefficient (Wildman–Crippen LogP) is 11.4. The van der Waals surface area contributed by atoms with Gasteiger partial charge in [0.05, 0.1) is 36.2 Å². The lowest BCUT2D eigenvalue weighted by Gasteiger charge is -2.67. The number of hydrogen-bond donors (Lipinski definition) is 2. The van der Waals surface area contributed by atoms with Crippen LogP contribution in [0, 0.1) is 22.7 Å². The number of methoxy groups -OCH3 is 2. The third-order valence-electron chi connectivity index (χ3n) is 17.6. The van der Waals surface area contributed by atoms with E-state index in [1.165, 1.54) is 65.4 Å². The number of carbonyl (C=O) groups excluding carboxylic acids is 7. The minimum atomic E-state index is -2.32. The molecule has 85 heavy (non-hydrogen) atoms. The normalized spacial score (nSPS) is 27.0. The largest absolute Gasteiger partial charge is 0.465 e.